The van der Waals surface area contributed by atoms with Crippen LogP contribution < -0.4 is 15.2 Å². The molecule has 124 valence electrons. The summed E-state index contributed by atoms with van der Waals surface area (Å²) >= 11 is 0. The van der Waals surface area contributed by atoms with Crippen molar-refractivity contribution in [3.63, 3.8) is 0 Å². The summed E-state index contributed by atoms with van der Waals surface area (Å²) in [5.74, 6) is 0.314. The standard InChI is InChI=1S/C17H22N2O4/c1-3-4-12-5-6-14(15(9-12)22-2)23-11-16(20)19-8-7-13(10-19)17(18)21/h3-6,9,13H,7-8,10-11H2,1-2H3,(H2,18,21). The van der Waals surface area contributed by atoms with E-state index in [9.17, 15) is 9.59 Å². The van der Waals surface area contributed by atoms with Crippen LogP contribution in [-0.2, 0) is 9.59 Å². The van der Waals surface area contributed by atoms with Crippen LogP contribution in [0.3, 0.4) is 0 Å². The smallest absolute Gasteiger partial charge is 0.260 e. The number of nitrogens with zero attached hydrogens (tertiary/aromatic N) is 1. The Balaban J connectivity index is 1.95. The van der Waals surface area contributed by atoms with Crippen LogP contribution >= 0.6 is 0 Å². The molecule has 2 rings (SSSR count). The van der Waals surface area contributed by atoms with Gasteiger partial charge in [-0.3, -0.25) is 9.59 Å². The van der Waals surface area contributed by atoms with E-state index in [2.05, 4.69) is 0 Å². The second kappa shape index (κ2) is 7.67. The monoisotopic (exact) mass is 318 g/mol. The van der Waals surface area contributed by atoms with Crippen LogP contribution in [0.15, 0.2) is 24.3 Å². The maximum atomic E-state index is 12.2. The van der Waals surface area contributed by atoms with Crippen LogP contribution in [0, 0.1) is 5.92 Å². The van der Waals surface area contributed by atoms with Gasteiger partial charge < -0.3 is 20.1 Å². The van der Waals surface area contributed by atoms with Crippen LogP contribution in [0.2, 0.25) is 0 Å². The van der Waals surface area contributed by atoms with Crippen molar-refractivity contribution in [1.82, 2.24) is 4.90 Å². The van der Waals surface area contributed by atoms with Gasteiger partial charge in [0, 0.05) is 13.1 Å². The highest BCUT2D eigenvalue weighted by atomic mass is 16.5. The van der Waals surface area contributed by atoms with Crippen molar-refractivity contribution < 1.29 is 19.1 Å². The molecule has 1 unspecified atom stereocenters. The molecule has 1 aliphatic heterocycles. The fourth-order valence-electron chi connectivity index (χ4n) is 2.55. The number of benzene rings is 1. The van der Waals surface area contributed by atoms with Gasteiger partial charge in [0.2, 0.25) is 5.91 Å². The molecular formula is C17H22N2O4. The van der Waals surface area contributed by atoms with Crippen molar-refractivity contribution in [3.8, 4) is 11.5 Å². The molecule has 1 atom stereocenters. The summed E-state index contributed by atoms with van der Waals surface area (Å²) in [5.41, 5.74) is 6.26. The second-order valence-corrected chi connectivity index (χ2v) is 5.43. The molecule has 1 saturated heterocycles. The first-order chi connectivity index (χ1) is 11.0. The number of amides is 2. The maximum absolute atomic E-state index is 12.2. The second-order valence-electron chi connectivity index (χ2n) is 5.43. The quantitative estimate of drug-likeness (QED) is 0.860. The summed E-state index contributed by atoms with van der Waals surface area (Å²) in [6.07, 6.45) is 4.50. The molecule has 0 radical (unpaired) electrons. The fourth-order valence-corrected chi connectivity index (χ4v) is 2.55. The number of rotatable bonds is 6. The highest BCUT2D eigenvalue weighted by Gasteiger charge is 2.29. The molecule has 2 amide bonds. The summed E-state index contributed by atoms with van der Waals surface area (Å²) in [5, 5.41) is 0. The largest absolute Gasteiger partial charge is 0.493 e. The number of ether oxygens (including phenoxy) is 2. The summed E-state index contributed by atoms with van der Waals surface area (Å²) in [4.78, 5) is 24.9. The molecule has 6 nitrogen and oxygen atoms in total. The first-order valence-corrected chi connectivity index (χ1v) is 7.55. The zero-order valence-corrected chi connectivity index (χ0v) is 13.5. The summed E-state index contributed by atoms with van der Waals surface area (Å²) in [6.45, 7) is 2.75. The van der Waals surface area contributed by atoms with Crippen molar-refractivity contribution in [2.75, 3.05) is 26.8 Å². The number of carbonyl (C=O) groups excluding carboxylic acids is 2. The fraction of sp³-hybridized carbons (Fsp3) is 0.412. The summed E-state index contributed by atoms with van der Waals surface area (Å²) in [6, 6.07) is 5.51. The Morgan fingerprint density at radius 3 is 2.78 bits per heavy atom. The van der Waals surface area contributed by atoms with E-state index in [1.54, 1.807) is 18.1 Å². The Morgan fingerprint density at radius 2 is 2.17 bits per heavy atom. The van der Waals surface area contributed by atoms with Crippen molar-refractivity contribution in [1.29, 1.82) is 0 Å². The average molecular weight is 318 g/mol. The van der Waals surface area contributed by atoms with E-state index >= 15 is 0 Å². The van der Waals surface area contributed by atoms with Gasteiger partial charge in [0.15, 0.2) is 18.1 Å². The average Bonchev–Trinajstić information content (AvgIpc) is 3.03. The predicted molar refractivity (Wildman–Crippen MR) is 87.1 cm³/mol. The third-order valence-electron chi connectivity index (χ3n) is 3.84. The molecule has 6 heteroatoms. The minimum absolute atomic E-state index is 0.0925. The molecule has 0 aliphatic carbocycles. The van der Waals surface area contributed by atoms with Crippen molar-refractivity contribution in [3.05, 3.63) is 29.8 Å². The molecule has 1 aliphatic rings. The molecular weight excluding hydrogens is 296 g/mol. The first kappa shape index (κ1) is 16.9. The molecule has 0 aromatic heterocycles. The van der Waals surface area contributed by atoms with Crippen LogP contribution in [0.4, 0.5) is 0 Å². The lowest BCUT2D eigenvalue weighted by Crippen LogP contribution is -2.34. The highest BCUT2D eigenvalue weighted by molar-refractivity contribution is 5.81. The normalized spacial score (nSPS) is 17.5. The molecule has 1 heterocycles. The molecule has 0 saturated carbocycles. The Hall–Kier alpha value is -2.50. The molecule has 0 bridgehead atoms. The minimum Gasteiger partial charge on any atom is -0.493 e. The minimum atomic E-state index is -0.359. The summed E-state index contributed by atoms with van der Waals surface area (Å²) < 4.78 is 10.9. The predicted octanol–water partition coefficient (Wildman–Crippen LogP) is 1.44. The Morgan fingerprint density at radius 1 is 1.39 bits per heavy atom. The number of allylic oxidation sites excluding steroid dienone is 1. The van der Waals surface area contributed by atoms with Gasteiger partial charge in [-0.2, -0.15) is 0 Å². The van der Waals surface area contributed by atoms with Crippen LogP contribution in [0.1, 0.15) is 18.9 Å². The molecule has 1 aromatic rings. The molecule has 1 aromatic carbocycles. The molecule has 0 spiro atoms. The number of hydrogen-bond donors (Lipinski definition) is 1. The Labute approximate surface area is 135 Å². The van der Waals surface area contributed by atoms with Gasteiger partial charge in [0.05, 0.1) is 13.0 Å². The number of carbonyl (C=O) groups is 2. The lowest BCUT2D eigenvalue weighted by Gasteiger charge is -2.17. The van der Waals surface area contributed by atoms with E-state index in [0.717, 1.165) is 5.56 Å². The molecule has 2 N–H and O–H groups in total. The van der Waals surface area contributed by atoms with Crippen molar-refractivity contribution in [2.45, 2.75) is 13.3 Å². The van der Waals surface area contributed by atoms with Gasteiger partial charge in [-0.25, -0.2) is 0 Å². The Kier molecular flexibility index (Phi) is 5.62. The van der Waals surface area contributed by atoms with Gasteiger partial charge in [-0.15, -0.1) is 0 Å². The number of hydrogen-bond acceptors (Lipinski definition) is 4. The first-order valence-electron chi connectivity index (χ1n) is 7.55. The number of nitrogens with two attached hydrogens (primary N) is 1. The molecule has 1 fully saturated rings. The number of methoxy groups -OCH3 is 1. The van der Waals surface area contributed by atoms with Crippen LogP contribution in [0.5, 0.6) is 11.5 Å². The lowest BCUT2D eigenvalue weighted by atomic mass is 10.1. The third kappa shape index (κ3) is 4.25. The third-order valence-corrected chi connectivity index (χ3v) is 3.84. The van der Waals surface area contributed by atoms with Crippen LogP contribution in [-0.4, -0.2) is 43.5 Å². The lowest BCUT2D eigenvalue weighted by molar-refractivity contribution is -0.132. The zero-order chi connectivity index (χ0) is 16.8. The SMILES string of the molecule is CC=Cc1ccc(OCC(=O)N2CCC(C(N)=O)C2)c(OC)c1. The van der Waals surface area contributed by atoms with Crippen molar-refractivity contribution in [2.24, 2.45) is 11.7 Å². The Bertz CT molecular complexity index is 613. The van der Waals surface area contributed by atoms with E-state index < -0.39 is 0 Å². The van der Waals surface area contributed by atoms with Crippen LogP contribution in [0.25, 0.3) is 6.08 Å². The van der Waals surface area contributed by atoms with Gasteiger partial charge in [0.1, 0.15) is 0 Å². The van der Waals surface area contributed by atoms with E-state index in [-0.39, 0.29) is 24.3 Å². The van der Waals surface area contributed by atoms with E-state index in [1.165, 1.54) is 0 Å². The molecule has 23 heavy (non-hydrogen) atoms. The number of primary amides is 1. The van der Waals surface area contributed by atoms with E-state index in [0.29, 0.717) is 31.0 Å². The van der Waals surface area contributed by atoms with Gasteiger partial charge >= 0.3 is 0 Å². The van der Waals surface area contributed by atoms with E-state index in [1.807, 2.05) is 31.2 Å². The van der Waals surface area contributed by atoms with Gasteiger partial charge in [0.25, 0.3) is 5.91 Å². The maximum Gasteiger partial charge on any atom is 0.260 e. The zero-order valence-electron chi connectivity index (χ0n) is 13.5. The number of likely N-dealkylation sites (tertiary alicyclic amines) is 1. The van der Waals surface area contributed by atoms with Gasteiger partial charge in [-0.1, -0.05) is 18.2 Å². The van der Waals surface area contributed by atoms with Crippen molar-refractivity contribution >= 4 is 17.9 Å². The van der Waals surface area contributed by atoms with E-state index in [4.69, 9.17) is 15.2 Å². The van der Waals surface area contributed by atoms with Gasteiger partial charge in [-0.05, 0) is 31.0 Å². The topological polar surface area (TPSA) is 81.9 Å². The highest BCUT2D eigenvalue weighted by Crippen LogP contribution is 2.28. The summed E-state index contributed by atoms with van der Waals surface area (Å²) in [7, 11) is 1.56.